The van der Waals surface area contributed by atoms with Crippen LogP contribution in [0.25, 0.3) is 17.3 Å². The molecule has 2 atom stereocenters. The van der Waals surface area contributed by atoms with Gasteiger partial charge in [0.1, 0.15) is 29.5 Å². The third kappa shape index (κ3) is 7.34. The predicted molar refractivity (Wildman–Crippen MR) is 166 cm³/mol. The first-order valence-corrected chi connectivity index (χ1v) is 14.8. The number of benzene rings is 3. The predicted octanol–water partition coefficient (Wildman–Crippen LogP) is 5.76. The van der Waals surface area contributed by atoms with Crippen molar-refractivity contribution in [2.24, 2.45) is 0 Å². The van der Waals surface area contributed by atoms with E-state index in [1.807, 2.05) is 54.6 Å². The quantitative estimate of drug-likeness (QED) is 0.169. The molecule has 11 nitrogen and oxygen atoms in total. The second-order valence-corrected chi connectivity index (χ2v) is 10.5. The SMILES string of the molecule is CCCCn1nnc(/C=C(\CC2OC(OC)Oc3ccccc32)C(=O)O)c1-c1ccc(OC)cc1OCc1ccccc1CO. The number of unbranched alkanes of at least 4 members (excludes halogenated alkanes) is 1. The van der Waals surface area contributed by atoms with Crippen molar-refractivity contribution in [3.63, 3.8) is 0 Å². The number of carbonyl (C=O) groups is 1. The van der Waals surface area contributed by atoms with Gasteiger partial charge in [-0.15, -0.1) is 5.10 Å². The van der Waals surface area contributed by atoms with Crippen LogP contribution in [0.1, 0.15) is 54.7 Å². The number of aryl methyl sites for hydroxylation is 1. The second-order valence-electron chi connectivity index (χ2n) is 10.5. The monoisotopic (exact) mass is 615 g/mol. The number of carboxylic acids is 1. The molecule has 0 spiro atoms. The molecule has 0 bridgehead atoms. The summed E-state index contributed by atoms with van der Waals surface area (Å²) in [5, 5.41) is 29.0. The van der Waals surface area contributed by atoms with E-state index < -0.39 is 18.5 Å². The van der Waals surface area contributed by atoms with E-state index >= 15 is 0 Å². The minimum atomic E-state index is -1.11. The lowest BCUT2D eigenvalue weighted by Crippen LogP contribution is -2.30. The third-order valence-corrected chi connectivity index (χ3v) is 7.55. The van der Waals surface area contributed by atoms with Crippen molar-refractivity contribution in [2.45, 2.75) is 58.5 Å². The van der Waals surface area contributed by atoms with E-state index in [0.717, 1.165) is 29.5 Å². The molecule has 0 radical (unpaired) electrons. The molecule has 45 heavy (non-hydrogen) atoms. The van der Waals surface area contributed by atoms with Gasteiger partial charge >= 0.3 is 12.4 Å². The summed E-state index contributed by atoms with van der Waals surface area (Å²) in [5.74, 6) is 0.540. The van der Waals surface area contributed by atoms with Gasteiger partial charge in [-0.25, -0.2) is 9.48 Å². The van der Waals surface area contributed by atoms with Crippen LogP contribution in [-0.4, -0.2) is 51.9 Å². The van der Waals surface area contributed by atoms with E-state index in [-0.39, 0.29) is 25.2 Å². The molecule has 5 rings (SSSR count). The van der Waals surface area contributed by atoms with Crippen molar-refractivity contribution in [3.8, 4) is 28.5 Å². The highest BCUT2D eigenvalue weighted by Crippen LogP contribution is 2.40. The molecule has 1 aliphatic rings. The zero-order valence-electron chi connectivity index (χ0n) is 25.5. The van der Waals surface area contributed by atoms with Crippen LogP contribution in [-0.2, 0) is 34.0 Å². The van der Waals surface area contributed by atoms with Gasteiger partial charge in [0.15, 0.2) is 0 Å². The Labute approximate surface area is 261 Å². The number of hydrogen-bond acceptors (Lipinski definition) is 9. The summed E-state index contributed by atoms with van der Waals surface area (Å²) in [6.45, 7) is 1.76. The van der Waals surface area contributed by atoms with Gasteiger partial charge in [0.25, 0.3) is 0 Å². The van der Waals surface area contributed by atoms with Gasteiger partial charge in [-0.05, 0) is 41.8 Å². The van der Waals surface area contributed by atoms with Gasteiger partial charge < -0.3 is 33.9 Å². The topological polar surface area (TPSA) is 134 Å². The molecule has 0 saturated heterocycles. The van der Waals surface area contributed by atoms with E-state index in [2.05, 4.69) is 17.2 Å². The number of nitrogens with zero attached hydrogens (tertiary/aromatic N) is 3. The number of hydrogen-bond donors (Lipinski definition) is 2. The number of ether oxygens (including phenoxy) is 5. The molecule has 3 aromatic carbocycles. The maximum absolute atomic E-state index is 12.6. The number of aliphatic carboxylic acids is 1. The van der Waals surface area contributed by atoms with Crippen molar-refractivity contribution < 1.29 is 38.7 Å². The van der Waals surface area contributed by atoms with Crippen molar-refractivity contribution in [1.29, 1.82) is 0 Å². The van der Waals surface area contributed by atoms with E-state index in [9.17, 15) is 15.0 Å². The molecule has 0 amide bonds. The normalized spacial score (nSPS) is 16.1. The fourth-order valence-electron chi connectivity index (χ4n) is 5.15. The Hall–Kier alpha value is -4.71. The maximum atomic E-state index is 12.6. The molecule has 1 aliphatic heterocycles. The van der Waals surface area contributed by atoms with E-state index in [4.69, 9.17) is 23.7 Å². The largest absolute Gasteiger partial charge is 0.497 e. The molecule has 1 aromatic heterocycles. The minimum Gasteiger partial charge on any atom is -0.497 e. The number of aliphatic hydroxyl groups excluding tert-OH is 1. The zero-order chi connectivity index (χ0) is 31.8. The lowest BCUT2D eigenvalue weighted by molar-refractivity contribution is -0.268. The van der Waals surface area contributed by atoms with Gasteiger partial charge in [0, 0.05) is 42.8 Å². The van der Waals surface area contributed by atoms with Crippen LogP contribution in [0.2, 0.25) is 0 Å². The molecule has 2 unspecified atom stereocenters. The summed E-state index contributed by atoms with van der Waals surface area (Å²) in [4.78, 5) is 12.6. The first-order chi connectivity index (χ1) is 21.9. The first-order valence-electron chi connectivity index (χ1n) is 14.8. The summed E-state index contributed by atoms with van der Waals surface area (Å²) in [5.41, 5.74) is 4.05. The van der Waals surface area contributed by atoms with Gasteiger partial charge in [0.05, 0.1) is 25.5 Å². The fourth-order valence-corrected chi connectivity index (χ4v) is 5.15. The van der Waals surface area contributed by atoms with Crippen LogP contribution in [0.15, 0.2) is 72.3 Å². The van der Waals surface area contributed by atoms with E-state index in [0.29, 0.717) is 40.7 Å². The highest BCUT2D eigenvalue weighted by Gasteiger charge is 2.31. The fraction of sp³-hybridized carbons (Fsp3) is 0.324. The zero-order valence-corrected chi connectivity index (χ0v) is 25.5. The molecule has 2 N–H and O–H groups in total. The number of aromatic nitrogens is 3. The lowest BCUT2D eigenvalue weighted by Gasteiger charge is -2.31. The van der Waals surface area contributed by atoms with Crippen LogP contribution in [0.3, 0.4) is 0 Å². The number of para-hydroxylation sites is 1. The Morgan fingerprint density at radius 3 is 2.58 bits per heavy atom. The number of aliphatic hydroxyl groups is 1. The number of rotatable bonds is 14. The Bertz CT molecular complexity index is 1650. The van der Waals surface area contributed by atoms with Crippen molar-refractivity contribution >= 4 is 12.0 Å². The second kappa shape index (κ2) is 14.8. The van der Waals surface area contributed by atoms with Gasteiger partial charge in [0.2, 0.25) is 0 Å². The Kier molecular flexibility index (Phi) is 10.5. The summed E-state index contributed by atoms with van der Waals surface area (Å²) in [7, 11) is 3.03. The molecular weight excluding hydrogens is 578 g/mol. The van der Waals surface area contributed by atoms with Crippen molar-refractivity contribution in [2.75, 3.05) is 14.2 Å². The Morgan fingerprint density at radius 2 is 1.84 bits per heavy atom. The van der Waals surface area contributed by atoms with Crippen LogP contribution < -0.4 is 14.2 Å². The van der Waals surface area contributed by atoms with Gasteiger partial charge in [-0.1, -0.05) is 61.0 Å². The summed E-state index contributed by atoms with van der Waals surface area (Å²) >= 11 is 0. The Morgan fingerprint density at radius 1 is 1.07 bits per heavy atom. The van der Waals surface area contributed by atoms with Crippen molar-refractivity contribution in [1.82, 2.24) is 15.0 Å². The molecule has 236 valence electrons. The summed E-state index contributed by atoms with van der Waals surface area (Å²) in [6.07, 6.45) is 2.70. The smallest absolute Gasteiger partial charge is 0.331 e. The summed E-state index contributed by atoms with van der Waals surface area (Å²) < 4.78 is 30.6. The molecule has 0 fully saturated rings. The maximum Gasteiger partial charge on any atom is 0.331 e. The first kappa shape index (κ1) is 31.7. The molecule has 4 aromatic rings. The summed E-state index contributed by atoms with van der Waals surface area (Å²) in [6, 6.07) is 20.3. The highest BCUT2D eigenvalue weighted by atomic mass is 16.8. The van der Waals surface area contributed by atoms with Crippen LogP contribution in [0, 0.1) is 0 Å². The van der Waals surface area contributed by atoms with Crippen molar-refractivity contribution in [3.05, 3.63) is 94.7 Å². The van der Waals surface area contributed by atoms with E-state index in [1.54, 1.807) is 23.9 Å². The average molecular weight is 616 g/mol. The van der Waals surface area contributed by atoms with E-state index in [1.165, 1.54) is 13.2 Å². The van der Waals surface area contributed by atoms with Crippen LogP contribution in [0.4, 0.5) is 0 Å². The standard InChI is InChI=1S/C34H37N3O8/c1-4-5-16-37-32(27-15-14-25(41-2)19-30(27)43-21-23-11-7-6-10-22(23)20-38)28(35-36-37)17-24(33(39)40)18-31-26-12-8-9-13-29(26)44-34(42-3)45-31/h6-15,17,19,31,34,38H,4-5,16,18,20-21H2,1-3H3,(H,39,40)/b24-17+. The Balaban J connectivity index is 1.56. The lowest BCUT2D eigenvalue weighted by atomic mass is 9.98. The minimum absolute atomic E-state index is 0.0285. The molecule has 11 heteroatoms. The molecule has 0 aliphatic carbocycles. The molecular formula is C34H37N3O8. The number of methoxy groups -OCH3 is 2. The average Bonchev–Trinajstić information content (AvgIpc) is 3.47. The molecule has 2 heterocycles. The van der Waals surface area contributed by atoms with Gasteiger partial charge in [-0.3, -0.25) is 0 Å². The van der Waals surface area contributed by atoms with Crippen LogP contribution >= 0.6 is 0 Å². The highest BCUT2D eigenvalue weighted by molar-refractivity contribution is 5.93. The third-order valence-electron chi connectivity index (χ3n) is 7.55. The molecule has 0 saturated carbocycles. The van der Waals surface area contributed by atoms with Crippen LogP contribution in [0.5, 0.6) is 17.2 Å². The number of fused-ring (bicyclic) bond motifs is 1. The van der Waals surface area contributed by atoms with Gasteiger partial charge in [-0.2, -0.15) is 0 Å². The number of carboxylic acid groups (broad SMARTS) is 1.